The van der Waals surface area contributed by atoms with Crippen molar-refractivity contribution in [1.29, 1.82) is 0 Å². The molecule has 1 aliphatic carbocycles. The maximum atomic E-state index is 12.1. The number of aryl methyl sites for hydroxylation is 1. The fraction of sp³-hybridized carbons (Fsp3) is 0.583. The van der Waals surface area contributed by atoms with E-state index in [2.05, 4.69) is 17.0 Å². The van der Waals surface area contributed by atoms with Crippen molar-refractivity contribution in [3.8, 4) is 0 Å². The fourth-order valence-corrected chi connectivity index (χ4v) is 2.14. The molecule has 2 aromatic rings. The highest BCUT2D eigenvalue weighted by Gasteiger charge is 2.25. The third-order valence-electron chi connectivity index (χ3n) is 3.26. The molecule has 18 heavy (non-hydrogen) atoms. The summed E-state index contributed by atoms with van der Waals surface area (Å²) in [5.41, 5.74) is 0.0588. The van der Waals surface area contributed by atoms with Crippen LogP contribution in [0.3, 0.4) is 0 Å². The highest BCUT2D eigenvalue weighted by Crippen LogP contribution is 2.33. The van der Waals surface area contributed by atoms with E-state index in [1.54, 1.807) is 10.9 Å². The summed E-state index contributed by atoms with van der Waals surface area (Å²) >= 11 is 0. The first-order valence-electron chi connectivity index (χ1n) is 6.43. The van der Waals surface area contributed by atoms with E-state index in [0.29, 0.717) is 12.6 Å². The molecule has 0 aromatic carbocycles. The van der Waals surface area contributed by atoms with E-state index < -0.39 is 0 Å². The Balaban J connectivity index is 1.83. The molecule has 96 valence electrons. The Bertz CT molecular complexity index is 590. The standard InChI is InChI=1S/C12H17N5O/c1-2-5-17-11(13-9-14-17)8-15-6-7-16(12(15)18)10-3-4-10/h6-7,9-10H,2-5,8H2,1H3. The Morgan fingerprint density at radius 3 is 2.94 bits per heavy atom. The van der Waals surface area contributed by atoms with Gasteiger partial charge in [0.2, 0.25) is 0 Å². The summed E-state index contributed by atoms with van der Waals surface area (Å²) in [5, 5.41) is 4.17. The van der Waals surface area contributed by atoms with Crippen LogP contribution in [0.25, 0.3) is 0 Å². The second-order valence-corrected chi connectivity index (χ2v) is 4.75. The third kappa shape index (κ3) is 1.98. The molecule has 0 unspecified atom stereocenters. The van der Waals surface area contributed by atoms with Gasteiger partial charge in [0.25, 0.3) is 0 Å². The van der Waals surface area contributed by atoms with Crippen LogP contribution in [-0.4, -0.2) is 23.9 Å². The topological polar surface area (TPSA) is 57.6 Å². The van der Waals surface area contributed by atoms with Gasteiger partial charge < -0.3 is 0 Å². The van der Waals surface area contributed by atoms with E-state index in [1.165, 1.54) is 0 Å². The van der Waals surface area contributed by atoms with Gasteiger partial charge in [-0.15, -0.1) is 0 Å². The number of hydrogen-bond donors (Lipinski definition) is 0. The summed E-state index contributed by atoms with van der Waals surface area (Å²) in [6.45, 7) is 3.44. The SMILES string of the molecule is CCCn1ncnc1Cn1ccn(C2CC2)c1=O. The predicted molar refractivity (Wildman–Crippen MR) is 66.4 cm³/mol. The monoisotopic (exact) mass is 247 g/mol. The largest absolute Gasteiger partial charge is 0.328 e. The summed E-state index contributed by atoms with van der Waals surface area (Å²) in [6.07, 6.45) is 8.51. The summed E-state index contributed by atoms with van der Waals surface area (Å²) in [4.78, 5) is 16.3. The van der Waals surface area contributed by atoms with Crippen molar-refractivity contribution in [2.24, 2.45) is 0 Å². The van der Waals surface area contributed by atoms with Gasteiger partial charge in [-0.2, -0.15) is 5.10 Å². The van der Waals surface area contributed by atoms with Crippen LogP contribution in [0.5, 0.6) is 0 Å². The lowest BCUT2D eigenvalue weighted by Crippen LogP contribution is -2.25. The molecule has 1 saturated carbocycles. The van der Waals surface area contributed by atoms with E-state index in [-0.39, 0.29) is 5.69 Å². The number of imidazole rings is 1. The van der Waals surface area contributed by atoms with Crippen LogP contribution in [0.4, 0.5) is 0 Å². The zero-order chi connectivity index (χ0) is 12.5. The van der Waals surface area contributed by atoms with Crippen LogP contribution in [0.15, 0.2) is 23.5 Å². The summed E-state index contributed by atoms with van der Waals surface area (Å²) < 4.78 is 5.38. The van der Waals surface area contributed by atoms with Gasteiger partial charge in [0, 0.05) is 25.0 Å². The number of hydrogen-bond acceptors (Lipinski definition) is 3. The third-order valence-corrected chi connectivity index (χ3v) is 3.26. The molecule has 1 aliphatic rings. The van der Waals surface area contributed by atoms with Crippen LogP contribution in [0.1, 0.15) is 38.1 Å². The van der Waals surface area contributed by atoms with E-state index in [0.717, 1.165) is 31.6 Å². The molecule has 0 saturated heterocycles. The van der Waals surface area contributed by atoms with Crippen molar-refractivity contribution in [1.82, 2.24) is 23.9 Å². The van der Waals surface area contributed by atoms with Crippen LogP contribution in [0.2, 0.25) is 0 Å². The number of aromatic nitrogens is 5. The zero-order valence-electron chi connectivity index (χ0n) is 10.5. The van der Waals surface area contributed by atoms with Gasteiger partial charge >= 0.3 is 5.69 Å². The molecule has 6 nitrogen and oxygen atoms in total. The smallest absolute Gasteiger partial charge is 0.296 e. The van der Waals surface area contributed by atoms with Gasteiger partial charge in [-0.05, 0) is 19.3 Å². The molecule has 3 rings (SSSR count). The first-order valence-corrected chi connectivity index (χ1v) is 6.43. The zero-order valence-corrected chi connectivity index (χ0v) is 10.5. The molecule has 2 aromatic heterocycles. The maximum absolute atomic E-state index is 12.1. The normalized spacial score (nSPS) is 15.2. The van der Waals surface area contributed by atoms with E-state index in [1.807, 2.05) is 21.6 Å². The average molecular weight is 247 g/mol. The van der Waals surface area contributed by atoms with Gasteiger partial charge in [0.05, 0.1) is 6.54 Å². The van der Waals surface area contributed by atoms with Gasteiger partial charge in [-0.3, -0.25) is 9.13 Å². The Morgan fingerprint density at radius 2 is 2.22 bits per heavy atom. The molecular weight excluding hydrogens is 230 g/mol. The Hall–Kier alpha value is -1.85. The molecule has 2 heterocycles. The highest BCUT2D eigenvalue weighted by molar-refractivity contribution is 4.95. The lowest BCUT2D eigenvalue weighted by Gasteiger charge is -2.04. The lowest BCUT2D eigenvalue weighted by atomic mass is 10.4. The summed E-state index contributed by atoms with van der Waals surface area (Å²) in [5.74, 6) is 0.840. The molecule has 6 heteroatoms. The maximum Gasteiger partial charge on any atom is 0.328 e. The Kier molecular flexibility index (Phi) is 2.77. The second-order valence-electron chi connectivity index (χ2n) is 4.75. The van der Waals surface area contributed by atoms with Crippen molar-refractivity contribution in [3.05, 3.63) is 35.0 Å². The first kappa shape index (κ1) is 11.3. The lowest BCUT2D eigenvalue weighted by molar-refractivity contribution is 0.545. The number of rotatable bonds is 5. The molecule has 0 aliphatic heterocycles. The second kappa shape index (κ2) is 4.44. The highest BCUT2D eigenvalue weighted by atomic mass is 16.1. The van der Waals surface area contributed by atoms with Crippen molar-refractivity contribution in [2.75, 3.05) is 0 Å². The molecule has 0 bridgehead atoms. The van der Waals surface area contributed by atoms with Crippen molar-refractivity contribution < 1.29 is 0 Å². The minimum atomic E-state index is 0.0588. The van der Waals surface area contributed by atoms with Crippen molar-refractivity contribution >= 4 is 0 Å². The van der Waals surface area contributed by atoms with Crippen LogP contribution >= 0.6 is 0 Å². The van der Waals surface area contributed by atoms with Gasteiger partial charge in [0.1, 0.15) is 12.2 Å². The molecule has 0 spiro atoms. The Morgan fingerprint density at radius 1 is 1.39 bits per heavy atom. The van der Waals surface area contributed by atoms with Gasteiger partial charge in [0.15, 0.2) is 0 Å². The number of nitrogens with zero attached hydrogens (tertiary/aromatic N) is 5. The molecule has 0 N–H and O–H groups in total. The van der Waals surface area contributed by atoms with Gasteiger partial charge in [-0.1, -0.05) is 6.92 Å². The molecule has 0 radical (unpaired) electrons. The molecule has 0 atom stereocenters. The van der Waals surface area contributed by atoms with E-state index in [4.69, 9.17) is 0 Å². The minimum Gasteiger partial charge on any atom is -0.296 e. The quantitative estimate of drug-likeness (QED) is 0.793. The van der Waals surface area contributed by atoms with Crippen LogP contribution < -0.4 is 5.69 Å². The van der Waals surface area contributed by atoms with Crippen molar-refractivity contribution in [3.63, 3.8) is 0 Å². The molecule has 1 fully saturated rings. The first-order chi connectivity index (χ1) is 8.79. The molecule has 0 amide bonds. The Labute approximate surface area is 105 Å². The molecular formula is C12H17N5O. The van der Waals surface area contributed by atoms with Crippen LogP contribution in [-0.2, 0) is 13.1 Å². The van der Waals surface area contributed by atoms with Crippen molar-refractivity contribution in [2.45, 2.75) is 45.3 Å². The van der Waals surface area contributed by atoms with Gasteiger partial charge in [-0.25, -0.2) is 14.5 Å². The summed E-state index contributed by atoms with van der Waals surface area (Å²) in [7, 11) is 0. The van der Waals surface area contributed by atoms with E-state index in [9.17, 15) is 4.79 Å². The average Bonchev–Trinajstić information content (AvgIpc) is 3.02. The predicted octanol–water partition coefficient (Wildman–Crippen LogP) is 1.03. The summed E-state index contributed by atoms with van der Waals surface area (Å²) in [6, 6.07) is 0.423. The minimum absolute atomic E-state index is 0.0588. The van der Waals surface area contributed by atoms with E-state index >= 15 is 0 Å². The van der Waals surface area contributed by atoms with Crippen LogP contribution in [0, 0.1) is 0 Å². The fourth-order valence-electron chi connectivity index (χ4n) is 2.14.